The second-order valence-electron chi connectivity index (χ2n) is 19.4. The van der Waals surface area contributed by atoms with Gasteiger partial charge in [0.2, 0.25) is 11.8 Å². The maximum Gasteiger partial charge on any atom is 0.312 e. The van der Waals surface area contributed by atoms with Crippen LogP contribution in [0.15, 0.2) is 0 Å². The Morgan fingerprint density at radius 1 is 0.586 bits per heavy atom. The molecule has 0 aliphatic heterocycles. The number of ether oxygens (including phenoxy) is 2. The molecule has 1 rings (SSSR count). The lowest BCUT2D eigenvalue weighted by Crippen LogP contribution is -2.58. The molecular formula is C50H96N2O6. The van der Waals surface area contributed by atoms with Crippen LogP contribution in [0, 0.1) is 5.41 Å². The number of esters is 1. The third-order valence-electron chi connectivity index (χ3n) is 12.3. The lowest BCUT2D eigenvalue weighted by Gasteiger charge is -2.53. The number of hydrogen-bond donors (Lipinski definition) is 3. The zero-order valence-corrected chi connectivity index (χ0v) is 39.2. The van der Waals surface area contributed by atoms with Crippen LogP contribution in [0.1, 0.15) is 260 Å². The van der Waals surface area contributed by atoms with Gasteiger partial charge in [-0.1, -0.05) is 200 Å². The molecule has 8 nitrogen and oxygen atoms in total. The van der Waals surface area contributed by atoms with E-state index >= 15 is 0 Å². The molecule has 0 heterocycles. The summed E-state index contributed by atoms with van der Waals surface area (Å²) in [5, 5.41) is 15.6. The van der Waals surface area contributed by atoms with Crippen LogP contribution in [0.4, 0.5) is 0 Å². The van der Waals surface area contributed by atoms with Crippen LogP contribution in [-0.4, -0.2) is 59.9 Å². The first kappa shape index (κ1) is 54.3. The van der Waals surface area contributed by atoms with E-state index in [2.05, 4.69) is 24.5 Å². The zero-order chi connectivity index (χ0) is 42.8. The average Bonchev–Trinajstić information content (AvgIpc) is 3.18. The largest absolute Gasteiger partial charge is 0.463 e. The van der Waals surface area contributed by atoms with Crippen molar-refractivity contribution in [2.45, 2.75) is 277 Å². The molecule has 0 bridgehead atoms. The highest BCUT2D eigenvalue weighted by molar-refractivity contribution is 5.88. The summed E-state index contributed by atoms with van der Waals surface area (Å²) in [6.45, 7) is 12.3. The molecule has 1 saturated carbocycles. The molecule has 2 amide bonds. The number of carbonyl (C=O) groups excluding carboxylic acids is 3. The van der Waals surface area contributed by atoms with E-state index in [0.29, 0.717) is 25.8 Å². The number of carbonyl (C=O) groups is 3. The van der Waals surface area contributed by atoms with Crippen molar-refractivity contribution >= 4 is 17.8 Å². The molecule has 58 heavy (non-hydrogen) atoms. The summed E-state index contributed by atoms with van der Waals surface area (Å²) in [5.74, 6) is -0.853. The van der Waals surface area contributed by atoms with E-state index in [9.17, 15) is 19.5 Å². The fraction of sp³-hybridized carbons (Fsp3) is 0.940. The average molecular weight is 821 g/mol. The zero-order valence-electron chi connectivity index (χ0n) is 39.2. The molecule has 0 aromatic rings. The van der Waals surface area contributed by atoms with Crippen molar-refractivity contribution in [3.63, 3.8) is 0 Å². The van der Waals surface area contributed by atoms with Crippen molar-refractivity contribution in [1.82, 2.24) is 10.6 Å². The molecule has 3 N–H and O–H groups in total. The van der Waals surface area contributed by atoms with Crippen LogP contribution in [0.2, 0.25) is 0 Å². The number of aliphatic hydroxyl groups excluding tert-OH is 1. The van der Waals surface area contributed by atoms with Gasteiger partial charge < -0.3 is 25.2 Å². The first-order valence-electron chi connectivity index (χ1n) is 25.0. The molecular weight excluding hydrogens is 725 g/mol. The minimum Gasteiger partial charge on any atom is -0.463 e. The van der Waals surface area contributed by atoms with Crippen molar-refractivity contribution in [3.8, 4) is 0 Å². The van der Waals surface area contributed by atoms with Gasteiger partial charge in [0.1, 0.15) is 12.6 Å². The Morgan fingerprint density at radius 3 is 1.33 bits per heavy atom. The smallest absolute Gasteiger partial charge is 0.312 e. The van der Waals surface area contributed by atoms with Crippen LogP contribution >= 0.6 is 0 Å². The fourth-order valence-electron chi connectivity index (χ4n) is 8.96. The Labute approximate surface area is 358 Å². The van der Waals surface area contributed by atoms with Crippen molar-refractivity contribution in [1.29, 1.82) is 0 Å². The van der Waals surface area contributed by atoms with Crippen molar-refractivity contribution in [2.75, 3.05) is 19.8 Å². The van der Waals surface area contributed by atoms with Crippen molar-refractivity contribution in [2.24, 2.45) is 5.41 Å². The third-order valence-corrected chi connectivity index (χ3v) is 12.3. The van der Waals surface area contributed by atoms with Gasteiger partial charge >= 0.3 is 5.97 Å². The molecule has 342 valence electrons. The maximum atomic E-state index is 13.3. The number of rotatable bonds is 41. The summed E-state index contributed by atoms with van der Waals surface area (Å²) in [5.41, 5.74) is -1.98. The van der Waals surface area contributed by atoms with E-state index in [4.69, 9.17) is 9.47 Å². The molecule has 8 heteroatoms. The summed E-state index contributed by atoms with van der Waals surface area (Å²) in [6.07, 6.45) is 41.1. The van der Waals surface area contributed by atoms with Crippen LogP contribution in [0.25, 0.3) is 0 Å². The lowest BCUT2D eigenvalue weighted by molar-refractivity contribution is -0.228. The van der Waals surface area contributed by atoms with E-state index in [1.165, 1.54) is 167 Å². The third kappa shape index (κ3) is 28.0. The minimum absolute atomic E-state index is 0.112. The summed E-state index contributed by atoms with van der Waals surface area (Å²) in [7, 11) is 0. The maximum absolute atomic E-state index is 13.3. The van der Waals surface area contributed by atoms with Gasteiger partial charge in [0, 0.05) is 13.0 Å². The Morgan fingerprint density at radius 2 is 0.948 bits per heavy atom. The summed E-state index contributed by atoms with van der Waals surface area (Å²) >= 11 is 0. The predicted octanol–water partition coefficient (Wildman–Crippen LogP) is 13.0. The van der Waals surface area contributed by atoms with Gasteiger partial charge in [-0.25, -0.2) is 0 Å². The first-order chi connectivity index (χ1) is 27.9. The Hall–Kier alpha value is -1.67. The fourth-order valence-corrected chi connectivity index (χ4v) is 8.96. The molecule has 0 radical (unpaired) electrons. The molecule has 1 fully saturated rings. The molecule has 1 aliphatic rings. The summed E-state index contributed by atoms with van der Waals surface area (Å²) in [6, 6.07) is -0.923. The van der Waals surface area contributed by atoms with Crippen LogP contribution in [-0.2, 0) is 23.9 Å². The van der Waals surface area contributed by atoms with E-state index < -0.39 is 22.7 Å². The lowest BCUT2D eigenvalue weighted by atomic mass is 9.60. The monoisotopic (exact) mass is 821 g/mol. The SMILES string of the molecule is CCCCCCCCCCCCCCCCCCNC(=O)C(COC(=O)C1(C)CC(C)(OC(C)(C)CO)C1)NC(=O)CCCCCCCCCCCCCCCCC. The van der Waals surface area contributed by atoms with E-state index in [-0.39, 0.29) is 31.0 Å². The normalized spacial score (nSPS) is 18.5. The summed E-state index contributed by atoms with van der Waals surface area (Å²) < 4.78 is 11.9. The molecule has 0 spiro atoms. The molecule has 1 unspecified atom stereocenters. The Kier molecular flexibility index (Phi) is 31.8. The number of aliphatic hydroxyl groups is 1. The highest BCUT2D eigenvalue weighted by atomic mass is 16.5. The van der Waals surface area contributed by atoms with Gasteiger partial charge in [-0.15, -0.1) is 0 Å². The van der Waals surface area contributed by atoms with E-state index in [1.807, 2.05) is 27.7 Å². The van der Waals surface area contributed by atoms with Crippen LogP contribution < -0.4 is 10.6 Å². The standard InChI is InChI=1S/C50H96N2O6/c1-7-9-11-13-15-17-19-21-23-25-27-29-31-33-35-37-39-51-46(55)44(40-57-47(56)49(5)41-50(6,42-49)58-48(3,4)43-53)52-45(54)38-36-34-32-30-28-26-24-22-20-18-16-14-12-10-8-2/h44,53H,7-43H2,1-6H3,(H,51,55)(H,52,54). The van der Waals surface area contributed by atoms with Crippen LogP contribution in [0.5, 0.6) is 0 Å². The first-order valence-corrected chi connectivity index (χ1v) is 25.0. The van der Waals surface area contributed by atoms with Gasteiger partial charge in [-0.05, 0) is 53.4 Å². The Balaban J connectivity index is 2.37. The minimum atomic E-state index is -0.923. The van der Waals surface area contributed by atoms with Gasteiger partial charge in [0.25, 0.3) is 0 Å². The number of nitrogens with one attached hydrogen (secondary N) is 2. The van der Waals surface area contributed by atoms with Gasteiger partial charge in [-0.2, -0.15) is 0 Å². The number of unbranched alkanes of at least 4 members (excludes halogenated alkanes) is 29. The highest BCUT2D eigenvalue weighted by Gasteiger charge is 2.57. The second-order valence-corrected chi connectivity index (χ2v) is 19.4. The van der Waals surface area contributed by atoms with Crippen molar-refractivity contribution in [3.05, 3.63) is 0 Å². The number of hydrogen-bond acceptors (Lipinski definition) is 6. The van der Waals surface area contributed by atoms with Gasteiger partial charge in [-0.3, -0.25) is 14.4 Å². The Bertz CT molecular complexity index is 1030. The number of amides is 2. The van der Waals surface area contributed by atoms with Gasteiger partial charge in [0.05, 0.1) is 23.2 Å². The van der Waals surface area contributed by atoms with Crippen molar-refractivity contribution < 1.29 is 29.0 Å². The second kappa shape index (κ2) is 34.0. The molecule has 0 saturated heterocycles. The van der Waals surface area contributed by atoms with E-state index in [1.54, 1.807) is 0 Å². The van der Waals surface area contributed by atoms with E-state index in [0.717, 1.165) is 32.1 Å². The summed E-state index contributed by atoms with van der Waals surface area (Å²) in [4.78, 5) is 39.6. The van der Waals surface area contributed by atoms with Gasteiger partial charge in [0.15, 0.2) is 0 Å². The highest BCUT2D eigenvalue weighted by Crippen LogP contribution is 2.52. The quantitative estimate of drug-likeness (QED) is 0.0418. The molecule has 1 atom stereocenters. The predicted molar refractivity (Wildman–Crippen MR) is 243 cm³/mol. The molecule has 1 aliphatic carbocycles. The molecule has 0 aromatic heterocycles. The topological polar surface area (TPSA) is 114 Å². The van der Waals surface area contributed by atoms with Crippen LogP contribution in [0.3, 0.4) is 0 Å². The molecule has 0 aromatic carbocycles.